The average Bonchev–Trinajstić information content (AvgIpc) is 2.63. The SMILES string of the molecule is C/C=C\COC1CCc2ccccc21. The van der Waals surface area contributed by atoms with Gasteiger partial charge in [0, 0.05) is 0 Å². The molecule has 0 amide bonds. The molecule has 1 aromatic carbocycles. The van der Waals surface area contributed by atoms with Gasteiger partial charge in [-0.2, -0.15) is 0 Å². The van der Waals surface area contributed by atoms with E-state index >= 15 is 0 Å². The van der Waals surface area contributed by atoms with Gasteiger partial charge in [-0.3, -0.25) is 0 Å². The molecular formula is C13H16O. The van der Waals surface area contributed by atoms with Gasteiger partial charge in [0.05, 0.1) is 12.7 Å². The maximum absolute atomic E-state index is 5.78. The smallest absolute Gasteiger partial charge is 0.0835 e. The van der Waals surface area contributed by atoms with Gasteiger partial charge in [0.1, 0.15) is 0 Å². The first-order chi connectivity index (χ1) is 6.92. The highest BCUT2D eigenvalue weighted by Gasteiger charge is 2.21. The highest BCUT2D eigenvalue weighted by atomic mass is 16.5. The molecule has 1 aliphatic carbocycles. The first kappa shape index (κ1) is 9.47. The van der Waals surface area contributed by atoms with E-state index in [-0.39, 0.29) is 0 Å². The van der Waals surface area contributed by atoms with Crippen LogP contribution in [0.3, 0.4) is 0 Å². The van der Waals surface area contributed by atoms with Crippen molar-refractivity contribution in [1.82, 2.24) is 0 Å². The number of allylic oxidation sites excluding steroid dienone is 1. The summed E-state index contributed by atoms with van der Waals surface area (Å²) in [5.41, 5.74) is 2.84. The average molecular weight is 188 g/mol. The van der Waals surface area contributed by atoms with E-state index in [0.29, 0.717) is 6.10 Å². The molecule has 0 aliphatic heterocycles. The Morgan fingerprint density at radius 1 is 1.43 bits per heavy atom. The van der Waals surface area contributed by atoms with Crippen LogP contribution in [0.4, 0.5) is 0 Å². The van der Waals surface area contributed by atoms with Crippen LogP contribution in [0.25, 0.3) is 0 Å². The fourth-order valence-corrected chi connectivity index (χ4v) is 1.96. The van der Waals surface area contributed by atoms with Crippen molar-refractivity contribution in [2.75, 3.05) is 6.61 Å². The van der Waals surface area contributed by atoms with Crippen molar-refractivity contribution in [1.29, 1.82) is 0 Å². The normalized spacial score (nSPS) is 20.2. The molecule has 0 aromatic heterocycles. The standard InChI is InChI=1S/C13H16O/c1-2-3-10-14-13-9-8-11-6-4-5-7-12(11)13/h2-7,13H,8-10H2,1H3/b3-2-. The number of hydrogen-bond acceptors (Lipinski definition) is 1. The molecule has 0 bridgehead atoms. The Balaban J connectivity index is 2.03. The van der Waals surface area contributed by atoms with Crippen LogP contribution in [-0.2, 0) is 11.2 Å². The summed E-state index contributed by atoms with van der Waals surface area (Å²) in [6, 6.07) is 8.58. The Hall–Kier alpha value is -1.08. The Kier molecular flexibility index (Phi) is 3.00. The lowest BCUT2D eigenvalue weighted by molar-refractivity contribution is 0.0756. The van der Waals surface area contributed by atoms with Crippen molar-refractivity contribution in [2.45, 2.75) is 25.9 Å². The van der Waals surface area contributed by atoms with Gasteiger partial charge in [0.2, 0.25) is 0 Å². The van der Waals surface area contributed by atoms with Gasteiger partial charge in [0.15, 0.2) is 0 Å². The molecule has 1 aromatic rings. The largest absolute Gasteiger partial charge is 0.369 e. The van der Waals surface area contributed by atoms with Crippen molar-refractivity contribution in [2.24, 2.45) is 0 Å². The summed E-state index contributed by atoms with van der Waals surface area (Å²) in [6.45, 7) is 2.75. The summed E-state index contributed by atoms with van der Waals surface area (Å²) in [5, 5.41) is 0. The Morgan fingerprint density at radius 2 is 2.29 bits per heavy atom. The van der Waals surface area contributed by atoms with Crippen molar-refractivity contribution in [3.8, 4) is 0 Å². The summed E-state index contributed by atoms with van der Waals surface area (Å²) in [4.78, 5) is 0. The van der Waals surface area contributed by atoms with Crippen molar-refractivity contribution < 1.29 is 4.74 Å². The zero-order valence-electron chi connectivity index (χ0n) is 8.57. The third-order valence-electron chi connectivity index (χ3n) is 2.71. The lowest BCUT2D eigenvalue weighted by Gasteiger charge is -2.11. The number of aryl methyl sites for hydroxylation is 1. The Bertz CT molecular complexity index is 328. The van der Waals surface area contributed by atoms with Crippen LogP contribution in [0.1, 0.15) is 30.6 Å². The van der Waals surface area contributed by atoms with E-state index < -0.39 is 0 Å². The maximum atomic E-state index is 5.78. The fraction of sp³-hybridized carbons (Fsp3) is 0.385. The molecule has 0 heterocycles. The minimum Gasteiger partial charge on any atom is -0.369 e. The fourth-order valence-electron chi connectivity index (χ4n) is 1.96. The first-order valence-electron chi connectivity index (χ1n) is 5.22. The van der Waals surface area contributed by atoms with E-state index in [1.807, 2.05) is 13.0 Å². The van der Waals surface area contributed by atoms with Gasteiger partial charge in [-0.05, 0) is 30.9 Å². The minimum atomic E-state index is 0.322. The van der Waals surface area contributed by atoms with Crippen LogP contribution in [0, 0.1) is 0 Å². The summed E-state index contributed by atoms with van der Waals surface area (Å²) >= 11 is 0. The van der Waals surface area contributed by atoms with Crippen molar-refractivity contribution in [3.63, 3.8) is 0 Å². The van der Waals surface area contributed by atoms with Crippen LogP contribution in [0.5, 0.6) is 0 Å². The van der Waals surface area contributed by atoms with Gasteiger partial charge in [-0.1, -0.05) is 36.4 Å². The lowest BCUT2D eigenvalue weighted by Crippen LogP contribution is -1.99. The van der Waals surface area contributed by atoms with E-state index in [4.69, 9.17) is 4.74 Å². The number of hydrogen-bond donors (Lipinski definition) is 0. The molecule has 14 heavy (non-hydrogen) atoms. The minimum absolute atomic E-state index is 0.322. The van der Waals surface area contributed by atoms with Crippen LogP contribution in [-0.4, -0.2) is 6.61 Å². The van der Waals surface area contributed by atoms with Crippen LogP contribution < -0.4 is 0 Å². The summed E-state index contributed by atoms with van der Waals surface area (Å²) in [5.74, 6) is 0. The van der Waals surface area contributed by atoms with Crippen LogP contribution >= 0.6 is 0 Å². The third kappa shape index (κ3) is 1.88. The highest BCUT2D eigenvalue weighted by Crippen LogP contribution is 2.33. The Labute approximate surface area is 85.4 Å². The number of rotatable bonds is 3. The predicted octanol–water partition coefficient (Wildman–Crippen LogP) is 3.27. The number of fused-ring (bicyclic) bond motifs is 1. The van der Waals surface area contributed by atoms with Crippen LogP contribution in [0.15, 0.2) is 36.4 Å². The monoisotopic (exact) mass is 188 g/mol. The molecule has 1 heteroatoms. The van der Waals surface area contributed by atoms with E-state index in [1.165, 1.54) is 11.1 Å². The van der Waals surface area contributed by atoms with E-state index in [2.05, 4.69) is 30.3 Å². The number of benzene rings is 1. The van der Waals surface area contributed by atoms with Crippen molar-refractivity contribution in [3.05, 3.63) is 47.5 Å². The van der Waals surface area contributed by atoms with Gasteiger partial charge in [-0.15, -0.1) is 0 Å². The zero-order valence-corrected chi connectivity index (χ0v) is 8.57. The lowest BCUT2D eigenvalue weighted by atomic mass is 10.1. The first-order valence-corrected chi connectivity index (χ1v) is 5.22. The molecule has 0 saturated heterocycles. The molecule has 1 unspecified atom stereocenters. The molecule has 0 fully saturated rings. The maximum Gasteiger partial charge on any atom is 0.0835 e. The molecule has 1 atom stereocenters. The highest BCUT2D eigenvalue weighted by molar-refractivity contribution is 5.33. The molecule has 1 nitrogen and oxygen atoms in total. The predicted molar refractivity (Wildman–Crippen MR) is 58.3 cm³/mol. The second-order valence-corrected chi connectivity index (χ2v) is 3.63. The van der Waals surface area contributed by atoms with Gasteiger partial charge in [-0.25, -0.2) is 0 Å². The number of ether oxygens (including phenoxy) is 1. The van der Waals surface area contributed by atoms with Crippen molar-refractivity contribution >= 4 is 0 Å². The summed E-state index contributed by atoms with van der Waals surface area (Å²) < 4.78 is 5.78. The molecule has 0 spiro atoms. The van der Waals surface area contributed by atoms with Crippen LogP contribution in [0.2, 0.25) is 0 Å². The quantitative estimate of drug-likeness (QED) is 0.661. The van der Waals surface area contributed by atoms with Gasteiger partial charge >= 0.3 is 0 Å². The Morgan fingerprint density at radius 3 is 3.14 bits per heavy atom. The molecule has 0 saturated carbocycles. The molecule has 0 N–H and O–H groups in total. The second kappa shape index (κ2) is 4.43. The molecule has 0 radical (unpaired) electrons. The van der Waals surface area contributed by atoms with E-state index in [0.717, 1.165) is 19.4 Å². The van der Waals surface area contributed by atoms with E-state index in [9.17, 15) is 0 Å². The third-order valence-corrected chi connectivity index (χ3v) is 2.71. The van der Waals surface area contributed by atoms with Gasteiger partial charge < -0.3 is 4.74 Å². The topological polar surface area (TPSA) is 9.23 Å². The van der Waals surface area contributed by atoms with Gasteiger partial charge in [0.25, 0.3) is 0 Å². The molecular weight excluding hydrogens is 172 g/mol. The molecule has 74 valence electrons. The summed E-state index contributed by atoms with van der Waals surface area (Å²) in [7, 11) is 0. The second-order valence-electron chi connectivity index (χ2n) is 3.63. The zero-order chi connectivity index (χ0) is 9.80. The molecule has 1 aliphatic rings. The van der Waals surface area contributed by atoms with E-state index in [1.54, 1.807) is 0 Å². The molecule has 2 rings (SSSR count). The summed E-state index contributed by atoms with van der Waals surface area (Å²) in [6.07, 6.45) is 6.71.